The van der Waals surface area contributed by atoms with Gasteiger partial charge in [-0.2, -0.15) is 0 Å². The molecule has 216 valence electrons. The van der Waals surface area contributed by atoms with Crippen LogP contribution in [-0.2, 0) is 16.1 Å². The molecule has 0 amide bonds. The van der Waals surface area contributed by atoms with Crippen LogP contribution in [0.5, 0.6) is 11.5 Å². The summed E-state index contributed by atoms with van der Waals surface area (Å²) in [5.74, 6) is 0.462. The van der Waals surface area contributed by atoms with Crippen molar-refractivity contribution in [1.29, 1.82) is 0 Å². The molecule has 0 unspecified atom stereocenters. The number of fused-ring (bicyclic) bond motifs is 1. The third kappa shape index (κ3) is 6.15. The SMILES string of the molecule is CCOC(=O)C1=C(C)N=c2s/c(=C\c3cc(I)cc(OC)c3OCc3cccc(Cl)c3)c(=O)n2[C@H]1c1ccccc1Cl. The average Bonchev–Trinajstić information content (AvgIpc) is 3.25. The molecule has 3 aromatic carbocycles. The summed E-state index contributed by atoms with van der Waals surface area (Å²) < 4.78 is 20.1. The second kappa shape index (κ2) is 13.0. The molecule has 11 heteroatoms. The Bertz CT molecular complexity index is 1900. The van der Waals surface area contributed by atoms with E-state index in [4.69, 9.17) is 37.4 Å². The van der Waals surface area contributed by atoms with Crippen molar-refractivity contribution in [2.75, 3.05) is 13.7 Å². The highest BCUT2D eigenvalue weighted by atomic mass is 127. The van der Waals surface area contributed by atoms with Gasteiger partial charge in [0.15, 0.2) is 16.3 Å². The molecule has 0 spiro atoms. The van der Waals surface area contributed by atoms with Crippen molar-refractivity contribution < 1.29 is 19.0 Å². The molecule has 1 aliphatic rings. The first-order valence-electron chi connectivity index (χ1n) is 12.9. The van der Waals surface area contributed by atoms with E-state index in [0.29, 0.717) is 47.7 Å². The normalized spacial score (nSPS) is 14.8. The van der Waals surface area contributed by atoms with E-state index in [2.05, 4.69) is 27.6 Å². The first kappa shape index (κ1) is 30.3. The van der Waals surface area contributed by atoms with Gasteiger partial charge in [0.05, 0.1) is 29.5 Å². The first-order valence-corrected chi connectivity index (χ1v) is 15.6. The molecule has 2 heterocycles. The van der Waals surface area contributed by atoms with Gasteiger partial charge in [-0.05, 0) is 84.0 Å². The van der Waals surface area contributed by atoms with E-state index in [0.717, 1.165) is 9.13 Å². The number of methoxy groups -OCH3 is 1. The average molecular weight is 735 g/mol. The lowest BCUT2D eigenvalue weighted by Crippen LogP contribution is -2.40. The summed E-state index contributed by atoms with van der Waals surface area (Å²) in [5.41, 5.74) is 2.55. The van der Waals surface area contributed by atoms with Gasteiger partial charge >= 0.3 is 5.97 Å². The van der Waals surface area contributed by atoms with Crippen LogP contribution in [0.2, 0.25) is 10.0 Å². The Morgan fingerprint density at radius 2 is 1.93 bits per heavy atom. The van der Waals surface area contributed by atoms with E-state index in [1.54, 1.807) is 51.3 Å². The minimum atomic E-state index is -0.805. The Balaban J connectivity index is 1.68. The van der Waals surface area contributed by atoms with Crippen LogP contribution in [-0.4, -0.2) is 24.3 Å². The monoisotopic (exact) mass is 734 g/mol. The summed E-state index contributed by atoms with van der Waals surface area (Å²) in [6, 6.07) is 17.5. The van der Waals surface area contributed by atoms with Gasteiger partial charge in [0, 0.05) is 19.2 Å². The van der Waals surface area contributed by atoms with Crippen LogP contribution in [0.4, 0.5) is 0 Å². The van der Waals surface area contributed by atoms with Gasteiger partial charge in [0.2, 0.25) is 0 Å². The van der Waals surface area contributed by atoms with Crippen molar-refractivity contribution in [2.24, 2.45) is 4.99 Å². The lowest BCUT2D eigenvalue weighted by molar-refractivity contribution is -0.139. The number of carbonyl (C=O) groups is 1. The molecule has 1 aromatic heterocycles. The maximum atomic E-state index is 14.1. The molecule has 1 atom stereocenters. The maximum Gasteiger partial charge on any atom is 0.338 e. The fraction of sp³-hybridized carbons (Fsp3) is 0.194. The van der Waals surface area contributed by atoms with Gasteiger partial charge in [-0.25, -0.2) is 9.79 Å². The fourth-order valence-electron chi connectivity index (χ4n) is 4.71. The number of ether oxygens (including phenoxy) is 3. The van der Waals surface area contributed by atoms with Crippen LogP contribution >= 0.6 is 57.1 Å². The summed E-state index contributed by atoms with van der Waals surface area (Å²) in [7, 11) is 1.57. The highest BCUT2D eigenvalue weighted by molar-refractivity contribution is 14.1. The summed E-state index contributed by atoms with van der Waals surface area (Å²) >= 11 is 16.2. The number of rotatable bonds is 8. The van der Waals surface area contributed by atoms with Gasteiger partial charge < -0.3 is 14.2 Å². The van der Waals surface area contributed by atoms with Crippen LogP contribution in [0.15, 0.2) is 81.7 Å². The predicted octanol–water partition coefficient (Wildman–Crippen LogP) is 6.30. The zero-order valence-electron chi connectivity index (χ0n) is 22.8. The first-order chi connectivity index (χ1) is 20.2. The van der Waals surface area contributed by atoms with Gasteiger partial charge in [0.1, 0.15) is 12.6 Å². The molecular weight excluding hydrogens is 710 g/mol. The Hall–Kier alpha value is -3.12. The number of halogens is 3. The van der Waals surface area contributed by atoms with Gasteiger partial charge in [-0.1, -0.05) is 64.9 Å². The number of nitrogens with zero attached hydrogens (tertiary/aromatic N) is 2. The van der Waals surface area contributed by atoms with E-state index in [1.807, 2.05) is 36.4 Å². The third-order valence-electron chi connectivity index (χ3n) is 6.54. The predicted molar refractivity (Wildman–Crippen MR) is 173 cm³/mol. The topological polar surface area (TPSA) is 79.1 Å². The third-order valence-corrected chi connectivity index (χ3v) is 8.73. The smallest absolute Gasteiger partial charge is 0.338 e. The van der Waals surface area contributed by atoms with E-state index < -0.39 is 12.0 Å². The maximum absolute atomic E-state index is 14.1. The number of hydrogen-bond acceptors (Lipinski definition) is 7. The Kier molecular flexibility index (Phi) is 9.41. The molecule has 42 heavy (non-hydrogen) atoms. The summed E-state index contributed by atoms with van der Waals surface area (Å²) in [4.78, 5) is 32.3. The number of carbonyl (C=O) groups excluding carboxylic acids is 1. The second-order valence-corrected chi connectivity index (χ2v) is 12.4. The number of aromatic nitrogens is 1. The molecule has 0 fully saturated rings. The Morgan fingerprint density at radius 3 is 2.64 bits per heavy atom. The lowest BCUT2D eigenvalue weighted by atomic mass is 9.96. The summed E-state index contributed by atoms with van der Waals surface area (Å²) in [5, 5.41) is 1.03. The van der Waals surface area contributed by atoms with Crippen LogP contribution in [0.3, 0.4) is 0 Å². The lowest BCUT2D eigenvalue weighted by Gasteiger charge is -2.25. The molecule has 4 aromatic rings. The highest BCUT2D eigenvalue weighted by Crippen LogP contribution is 2.36. The van der Waals surface area contributed by atoms with Crippen LogP contribution < -0.4 is 24.4 Å². The van der Waals surface area contributed by atoms with Crippen molar-refractivity contribution in [3.05, 3.63) is 122 Å². The molecule has 0 bridgehead atoms. The summed E-state index contributed by atoms with van der Waals surface area (Å²) in [6.07, 6.45) is 1.76. The molecule has 1 aliphatic heterocycles. The highest BCUT2D eigenvalue weighted by Gasteiger charge is 2.34. The molecule has 0 radical (unpaired) electrons. The van der Waals surface area contributed by atoms with Crippen molar-refractivity contribution in [3.63, 3.8) is 0 Å². The van der Waals surface area contributed by atoms with Crippen molar-refractivity contribution in [1.82, 2.24) is 4.57 Å². The van der Waals surface area contributed by atoms with Crippen molar-refractivity contribution in [2.45, 2.75) is 26.5 Å². The zero-order valence-corrected chi connectivity index (χ0v) is 27.3. The number of hydrogen-bond donors (Lipinski definition) is 0. The summed E-state index contributed by atoms with van der Waals surface area (Å²) in [6.45, 7) is 3.89. The van der Waals surface area contributed by atoms with E-state index in [-0.39, 0.29) is 24.3 Å². The standard InChI is InChI=1S/C31H25Cl2IN2O5S/c1-4-40-30(38)26-17(2)35-31-36(27(26)22-10-5-6-11-23(22)33)29(37)25(42-31)14-19-13-21(34)15-24(39-3)28(19)41-16-18-8-7-9-20(32)12-18/h5-15,27H,4,16H2,1-3H3/b25-14-/t27-/m0/s1. The molecule has 7 nitrogen and oxygen atoms in total. The van der Waals surface area contributed by atoms with E-state index >= 15 is 0 Å². The molecule has 0 saturated carbocycles. The quantitative estimate of drug-likeness (QED) is 0.157. The molecule has 0 N–H and O–H groups in total. The second-order valence-electron chi connectivity index (χ2n) is 9.27. The van der Waals surface area contributed by atoms with Gasteiger partial charge in [-0.3, -0.25) is 9.36 Å². The minimum Gasteiger partial charge on any atom is -0.493 e. The van der Waals surface area contributed by atoms with Crippen LogP contribution in [0, 0.1) is 3.57 Å². The Morgan fingerprint density at radius 1 is 1.14 bits per heavy atom. The molecule has 0 aliphatic carbocycles. The van der Waals surface area contributed by atoms with Crippen LogP contribution in [0.25, 0.3) is 6.08 Å². The van der Waals surface area contributed by atoms with E-state index in [9.17, 15) is 9.59 Å². The largest absolute Gasteiger partial charge is 0.493 e. The number of allylic oxidation sites excluding steroid dienone is 1. The Labute approximate surface area is 269 Å². The van der Waals surface area contributed by atoms with E-state index in [1.165, 1.54) is 15.9 Å². The van der Waals surface area contributed by atoms with Gasteiger partial charge in [-0.15, -0.1) is 0 Å². The van der Waals surface area contributed by atoms with Gasteiger partial charge in [0.25, 0.3) is 5.56 Å². The number of benzene rings is 3. The van der Waals surface area contributed by atoms with Crippen molar-refractivity contribution >= 4 is 69.2 Å². The molecule has 5 rings (SSSR count). The zero-order chi connectivity index (χ0) is 30.0. The minimum absolute atomic E-state index is 0.182. The number of esters is 1. The fourth-order valence-corrected chi connectivity index (χ4v) is 6.82. The number of thiazole rings is 1. The van der Waals surface area contributed by atoms with Crippen molar-refractivity contribution in [3.8, 4) is 11.5 Å². The molecule has 0 saturated heterocycles. The molecular formula is C31H25Cl2IN2O5S. The van der Waals surface area contributed by atoms with Crippen LogP contribution in [0.1, 0.15) is 36.6 Å².